The van der Waals surface area contributed by atoms with Gasteiger partial charge >= 0.3 is 0 Å². The van der Waals surface area contributed by atoms with E-state index in [1.54, 1.807) is 6.92 Å². The van der Waals surface area contributed by atoms with Gasteiger partial charge in [-0.1, -0.05) is 52.0 Å². The maximum absolute atomic E-state index is 13.9. The third kappa shape index (κ3) is 3.61. The van der Waals surface area contributed by atoms with Gasteiger partial charge in [0.05, 0.1) is 5.56 Å². The van der Waals surface area contributed by atoms with Crippen molar-refractivity contribution in [3.05, 3.63) is 51.5 Å². The van der Waals surface area contributed by atoms with Crippen molar-refractivity contribution in [1.29, 1.82) is 0 Å². The Morgan fingerprint density at radius 1 is 1.03 bits per heavy atom. The Bertz CT molecular complexity index is 1280. The number of aromatic hydroxyl groups is 1. The van der Waals surface area contributed by atoms with Crippen molar-refractivity contribution in [2.45, 2.75) is 90.6 Å². The third-order valence-corrected chi connectivity index (χ3v) is 9.55. The molecule has 7 heteroatoms. The molecule has 37 heavy (non-hydrogen) atoms. The van der Waals surface area contributed by atoms with E-state index in [0.717, 1.165) is 30.9 Å². The molecule has 0 amide bonds. The zero-order valence-corrected chi connectivity index (χ0v) is 21.8. The average Bonchev–Trinajstić information content (AvgIpc) is 2.81. The van der Waals surface area contributed by atoms with Crippen molar-refractivity contribution in [3.8, 4) is 5.75 Å². The molecule has 5 rings (SSSR count). The van der Waals surface area contributed by atoms with Crippen molar-refractivity contribution in [3.63, 3.8) is 0 Å². The van der Waals surface area contributed by atoms with Crippen molar-refractivity contribution in [2.24, 2.45) is 16.7 Å². The number of aliphatic hydroxyl groups is 3. The summed E-state index contributed by atoms with van der Waals surface area (Å²) in [7, 11) is 0. The van der Waals surface area contributed by atoms with Crippen LogP contribution in [0.1, 0.15) is 93.6 Å². The number of carbonyl (C=O) groups is 3. The summed E-state index contributed by atoms with van der Waals surface area (Å²) in [5.74, 6) is -3.15. The standard InChI is InChI=1S/C30H36O7/c1-16(31)22-21(33)14-29(3)15-28(2)13-19-18(10-9-17-7-5-4-6-8-17)11-12-20(32)23(19)25(34)24(28)27(36)30(29,37)26(22)35/h11-12,17,32-33,36-37H,4-10,13-15H2,1-3H3/t28-,29+,30+/m1/s1. The van der Waals surface area contributed by atoms with Gasteiger partial charge < -0.3 is 20.4 Å². The van der Waals surface area contributed by atoms with Crippen LogP contribution in [0.2, 0.25) is 0 Å². The van der Waals surface area contributed by atoms with Crippen molar-refractivity contribution in [2.75, 3.05) is 0 Å². The normalized spacial score (nSPS) is 32.2. The van der Waals surface area contributed by atoms with Crippen LogP contribution in [0.5, 0.6) is 5.75 Å². The minimum atomic E-state index is -2.53. The first-order valence-corrected chi connectivity index (χ1v) is 13.4. The largest absolute Gasteiger partial charge is 0.511 e. The highest BCUT2D eigenvalue weighted by Gasteiger charge is 2.67. The van der Waals surface area contributed by atoms with E-state index in [4.69, 9.17) is 0 Å². The van der Waals surface area contributed by atoms with Gasteiger partial charge in [-0.15, -0.1) is 0 Å². The lowest BCUT2D eigenvalue weighted by molar-refractivity contribution is -0.159. The highest BCUT2D eigenvalue weighted by molar-refractivity contribution is 6.25. The molecule has 0 saturated heterocycles. The minimum Gasteiger partial charge on any atom is -0.511 e. The number of aryl methyl sites for hydroxylation is 1. The Labute approximate surface area is 216 Å². The van der Waals surface area contributed by atoms with Crippen LogP contribution in [0, 0.1) is 16.7 Å². The van der Waals surface area contributed by atoms with Crippen molar-refractivity contribution >= 4 is 17.3 Å². The molecule has 0 heterocycles. The smallest absolute Gasteiger partial charge is 0.209 e. The summed E-state index contributed by atoms with van der Waals surface area (Å²) in [5, 5.41) is 44.5. The number of hydrogen-bond acceptors (Lipinski definition) is 7. The molecule has 1 fully saturated rings. The molecule has 4 N–H and O–H groups in total. The molecule has 0 radical (unpaired) electrons. The van der Waals surface area contributed by atoms with E-state index in [9.17, 15) is 34.8 Å². The zero-order valence-electron chi connectivity index (χ0n) is 21.8. The van der Waals surface area contributed by atoms with E-state index >= 15 is 0 Å². The maximum Gasteiger partial charge on any atom is 0.209 e. The van der Waals surface area contributed by atoms with E-state index in [1.807, 2.05) is 13.0 Å². The lowest BCUT2D eigenvalue weighted by atomic mass is 9.48. The van der Waals surface area contributed by atoms with Gasteiger partial charge in [-0.25, -0.2) is 0 Å². The van der Waals surface area contributed by atoms with Crippen LogP contribution in [-0.4, -0.2) is 43.4 Å². The summed E-state index contributed by atoms with van der Waals surface area (Å²) in [4.78, 5) is 39.4. The van der Waals surface area contributed by atoms with Crippen LogP contribution in [0.25, 0.3) is 0 Å². The number of benzene rings is 1. The summed E-state index contributed by atoms with van der Waals surface area (Å²) in [6.07, 6.45) is 8.26. The maximum atomic E-state index is 13.9. The number of hydrogen-bond donors (Lipinski definition) is 4. The van der Waals surface area contributed by atoms with E-state index in [0.29, 0.717) is 12.3 Å². The van der Waals surface area contributed by atoms with Crippen LogP contribution in [-0.2, 0) is 22.4 Å². The summed E-state index contributed by atoms with van der Waals surface area (Å²) in [6.45, 7) is 4.54. The molecule has 0 aliphatic heterocycles. The first-order chi connectivity index (χ1) is 17.3. The number of phenolic OH excluding ortho intramolecular Hbond substituents is 1. The van der Waals surface area contributed by atoms with Gasteiger partial charge in [-0.05, 0) is 55.7 Å². The molecule has 0 unspecified atom stereocenters. The molecule has 3 atom stereocenters. The first kappa shape index (κ1) is 25.7. The number of fused-ring (bicyclic) bond motifs is 3. The molecular weight excluding hydrogens is 472 g/mol. The molecule has 1 aromatic rings. The van der Waals surface area contributed by atoms with Gasteiger partial charge in [0.2, 0.25) is 5.78 Å². The number of carbonyl (C=O) groups excluding carboxylic acids is 3. The monoisotopic (exact) mass is 508 g/mol. The van der Waals surface area contributed by atoms with Gasteiger partial charge in [0.25, 0.3) is 0 Å². The second kappa shape index (κ2) is 8.55. The minimum absolute atomic E-state index is 0.0997. The lowest BCUT2D eigenvalue weighted by Gasteiger charge is -2.56. The van der Waals surface area contributed by atoms with Crippen LogP contribution in [0.4, 0.5) is 0 Å². The molecule has 0 bridgehead atoms. The number of Topliss-reactive ketones (excluding diaryl/α,β-unsaturated/α-hetero) is 3. The molecular formula is C30H36O7. The number of phenols is 1. The van der Waals surface area contributed by atoms with E-state index in [2.05, 4.69) is 0 Å². The first-order valence-electron chi connectivity index (χ1n) is 13.4. The highest BCUT2D eigenvalue weighted by Crippen LogP contribution is 2.62. The Balaban J connectivity index is 1.61. The fourth-order valence-electron chi connectivity index (χ4n) is 7.79. The Morgan fingerprint density at radius 2 is 1.70 bits per heavy atom. The Kier molecular flexibility index (Phi) is 5.94. The number of aliphatic hydroxyl groups excluding tert-OH is 2. The van der Waals surface area contributed by atoms with E-state index in [-0.39, 0.29) is 29.7 Å². The fourth-order valence-corrected chi connectivity index (χ4v) is 7.79. The summed E-state index contributed by atoms with van der Waals surface area (Å²) in [6, 6.07) is 3.39. The quantitative estimate of drug-likeness (QED) is 0.422. The topological polar surface area (TPSA) is 132 Å². The summed E-state index contributed by atoms with van der Waals surface area (Å²) < 4.78 is 0. The van der Waals surface area contributed by atoms with Crippen LogP contribution >= 0.6 is 0 Å². The molecule has 1 aromatic carbocycles. The van der Waals surface area contributed by atoms with Crippen LogP contribution in [0.3, 0.4) is 0 Å². The van der Waals surface area contributed by atoms with Gasteiger partial charge in [-0.3, -0.25) is 14.4 Å². The molecule has 0 spiro atoms. The molecule has 1 saturated carbocycles. The second-order valence-electron chi connectivity index (χ2n) is 12.3. The molecule has 198 valence electrons. The number of rotatable bonds is 4. The van der Waals surface area contributed by atoms with Gasteiger partial charge in [0.1, 0.15) is 22.8 Å². The highest BCUT2D eigenvalue weighted by atomic mass is 16.3. The SMILES string of the molecule is CC(=O)C1=C(O)C[C@@]2(C)C[C@@]3(C)Cc4c(CCC5CCCCC5)ccc(O)c4C(=O)C3=C(O)[C@@]2(O)C1=O. The van der Waals surface area contributed by atoms with Crippen LogP contribution in [0.15, 0.2) is 34.8 Å². The van der Waals surface area contributed by atoms with Gasteiger partial charge in [0.15, 0.2) is 17.2 Å². The third-order valence-electron chi connectivity index (χ3n) is 9.55. The van der Waals surface area contributed by atoms with Crippen molar-refractivity contribution < 1.29 is 34.8 Å². The second-order valence-corrected chi connectivity index (χ2v) is 12.3. The molecule has 7 nitrogen and oxygen atoms in total. The molecule has 4 aliphatic carbocycles. The number of ketones is 3. The van der Waals surface area contributed by atoms with Crippen LogP contribution < -0.4 is 0 Å². The molecule has 4 aliphatic rings. The van der Waals surface area contributed by atoms with E-state index < -0.39 is 50.9 Å². The Morgan fingerprint density at radius 3 is 2.35 bits per heavy atom. The fraction of sp³-hybridized carbons (Fsp3) is 0.567. The predicted molar refractivity (Wildman–Crippen MR) is 136 cm³/mol. The summed E-state index contributed by atoms with van der Waals surface area (Å²) in [5.41, 5.74) is -3.61. The van der Waals surface area contributed by atoms with Gasteiger partial charge in [0, 0.05) is 22.8 Å². The Hall–Kier alpha value is -2.93. The lowest BCUT2D eigenvalue weighted by Crippen LogP contribution is -2.63. The summed E-state index contributed by atoms with van der Waals surface area (Å²) >= 11 is 0. The predicted octanol–water partition coefficient (Wildman–Crippen LogP) is 4.98. The van der Waals surface area contributed by atoms with E-state index in [1.165, 1.54) is 38.2 Å². The molecule has 0 aromatic heterocycles. The van der Waals surface area contributed by atoms with Gasteiger partial charge in [-0.2, -0.15) is 0 Å². The number of allylic oxidation sites excluding steroid dienone is 2. The average molecular weight is 509 g/mol. The van der Waals surface area contributed by atoms with Crippen molar-refractivity contribution in [1.82, 2.24) is 0 Å². The zero-order chi connectivity index (χ0) is 26.9.